The molecule has 4 nitrogen and oxygen atoms in total. The molecular weight excluding hydrogens is 274 g/mol. The molecule has 4 heteroatoms. The molecule has 0 amide bonds. The third-order valence-corrected chi connectivity index (χ3v) is 4.99. The van der Waals surface area contributed by atoms with Crippen molar-refractivity contribution in [1.82, 2.24) is 10.2 Å². The fourth-order valence-corrected chi connectivity index (χ4v) is 3.54. The van der Waals surface area contributed by atoms with Crippen molar-refractivity contribution < 1.29 is 4.74 Å². The number of nitrogens with one attached hydrogen (secondary N) is 1. The van der Waals surface area contributed by atoms with E-state index in [4.69, 9.17) is 4.74 Å². The number of rotatable bonds is 4. The molecule has 22 heavy (non-hydrogen) atoms. The van der Waals surface area contributed by atoms with Gasteiger partial charge in [-0.2, -0.15) is 0 Å². The molecule has 0 radical (unpaired) electrons. The molecule has 1 saturated carbocycles. The molecule has 1 heterocycles. The van der Waals surface area contributed by atoms with Crippen LogP contribution in [0.25, 0.3) is 0 Å². The van der Waals surface area contributed by atoms with Crippen LogP contribution < -0.4 is 10.1 Å². The quantitative estimate of drug-likeness (QED) is 0.686. The Morgan fingerprint density at radius 1 is 1.32 bits per heavy atom. The Balaban J connectivity index is 1.47. The number of hydrogen-bond acceptors (Lipinski definition) is 2. The molecule has 1 aliphatic heterocycles. The van der Waals surface area contributed by atoms with E-state index in [1.165, 1.54) is 32.2 Å². The molecular formula is C18H27N3O. The molecule has 1 aromatic rings. The van der Waals surface area contributed by atoms with Gasteiger partial charge in [-0.25, -0.2) is 0 Å². The number of aliphatic imine (C=N–C) groups is 1. The summed E-state index contributed by atoms with van der Waals surface area (Å²) in [7, 11) is 1.87. The minimum atomic E-state index is 0.111. The van der Waals surface area contributed by atoms with Gasteiger partial charge in [-0.3, -0.25) is 4.99 Å². The Labute approximate surface area is 133 Å². The highest BCUT2D eigenvalue weighted by Gasteiger charge is 2.43. The maximum atomic E-state index is 5.91. The van der Waals surface area contributed by atoms with E-state index in [2.05, 4.69) is 22.1 Å². The van der Waals surface area contributed by atoms with E-state index in [1.807, 2.05) is 37.4 Å². The maximum absolute atomic E-state index is 5.91. The van der Waals surface area contributed by atoms with Crippen LogP contribution >= 0.6 is 0 Å². The topological polar surface area (TPSA) is 36.9 Å². The first kappa shape index (κ1) is 15.2. The van der Waals surface area contributed by atoms with Gasteiger partial charge in [0.15, 0.2) is 5.96 Å². The van der Waals surface area contributed by atoms with Crippen LogP contribution in [0.15, 0.2) is 35.3 Å². The van der Waals surface area contributed by atoms with Gasteiger partial charge < -0.3 is 15.0 Å². The lowest BCUT2D eigenvalue weighted by Gasteiger charge is -2.38. The molecule has 1 N–H and O–H groups in total. The number of para-hydroxylation sites is 1. The number of likely N-dealkylation sites (tertiary alicyclic amines) is 1. The number of ether oxygens (including phenoxy) is 1. The van der Waals surface area contributed by atoms with Gasteiger partial charge in [0.05, 0.1) is 6.54 Å². The Bertz CT molecular complexity index is 510. The summed E-state index contributed by atoms with van der Waals surface area (Å²) in [6.07, 6.45) is 5.63. The van der Waals surface area contributed by atoms with Crippen molar-refractivity contribution in [3.8, 4) is 5.75 Å². The predicted molar refractivity (Wildman–Crippen MR) is 90.4 cm³/mol. The molecule has 0 aromatic heterocycles. The van der Waals surface area contributed by atoms with Gasteiger partial charge >= 0.3 is 0 Å². The number of benzene rings is 1. The lowest BCUT2D eigenvalue weighted by atomic mass is 9.68. The SMILES string of the molecule is CN=C(NCC(C)Oc1ccccc1)N1CCC2(CCC2)C1. The molecule has 120 valence electrons. The van der Waals surface area contributed by atoms with Crippen molar-refractivity contribution in [2.45, 2.75) is 38.7 Å². The Morgan fingerprint density at radius 3 is 2.68 bits per heavy atom. The van der Waals surface area contributed by atoms with Crippen molar-refractivity contribution >= 4 is 5.96 Å². The third-order valence-electron chi connectivity index (χ3n) is 4.99. The van der Waals surface area contributed by atoms with E-state index in [-0.39, 0.29) is 6.10 Å². The Hall–Kier alpha value is -1.71. The summed E-state index contributed by atoms with van der Waals surface area (Å²) in [5, 5.41) is 3.47. The summed E-state index contributed by atoms with van der Waals surface area (Å²) < 4.78 is 5.91. The van der Waals surface area contributed by atoms with Gasteiger partial charge in [0, 0.05) is 20.1 Å². The summed E-state index contributed by atoms with van der Waals surface area (Å²) in [5.41, 5.74) is 0.601. The largest absolute Gasteiger partial charge is 0.489 e. The average Bonchev–Trinajstić information content (AvgIpc) is 2.95. The third kappa shape index (κ3) is 3.37. The van der Waals surface area contributed by atoms with Crippen LogP contribution in [0, 0.1) is 5.41 Å². The maximum Gasteiger partial charge on any atom is 0.193 e. The summed E-state index contributed by atoms with van der Waals surface area (Å²) >= 11 is 0. The van der Waals surface area contributed by atoms with Crippen molar-refractivity contribution in [2.24, 2.45) is 10.4 Å². The van der Waals surface area contributed by atoms with E-state index in [9.17, 15) is 0 Å². The van der Waals surface area contributed by atoms with E-state index in [0.29, 0.717) is 5.41 Å². The summed E-state index contributed by atoms with van der Waals surface area (Å²) in [6.45, 7) is 5.16. The zero-order valence-electron chi connectivity index (χ0n) is 13.7. The lowest BCUT2D eigenvalue weighted by Crippen LogP contribution is -2.45. The first-order valence-electron chi connectivity index (χ1n) is 8.38. The molecule has 1 unspecified atom stereocenters. The van der Waals surface area contributed by atoms with Gasteiger partial charge in [0.25, 0.3) is 0 Å². The van der Waals surface area contributed by atoms with Gasteiger partial charge in [-0.1, -0.05) is 24.6 Å². The van der Waals surface area contributed by atoms with Crippen molar-refractivity contribution in [3.05, 3.63) is 30.3 Å². The smallest absolute Gasteiger partial charge is 0.193 e. The highest BCUT2D eigenvalue weighted by molar-refractivity contribution is 5.80. The zero-order chi connectivity index (χ0) is 15.4. The molecule has 1 spiro atoms. The molecule has 1 aliphatic carbocycles. The van der Waals surface area contributed by atoms with Crippen LogP contribution in [0.2, 0.25) is 0 Å². The molecule has 3 rings (SSSR count). The van der Waals surface area contributed by atoms with Gasteiger partial charge in [0.2, 0.25) is 0 Å². The molecule has 2 fully saturated rings. The zero-order valence-corrected chi connectivity index (χ0v) is 13.7. The first-order valence-corrected chi connectivity index (χ1v) is 8.38. The fourth-order valence-electron chi connectivity index (χ4n) is 3.54. The van der Waals surface area contributed by atoms with Crippen LogP contribution in [0.3, 0.4) is 0 Å². The number of hydrogen-bond donors (Lipinski definition) is 1. The lowest BCUT2D eigenvalue weighted by molar-refractivity contribution is 0.151. The Morgan fingerprint density at radius 2 is 2.09 bits per heavy atom. The van der Waals surface area contributed by atoms with E-state index < -0.39 is 0 Å². The molecule has 0 bridgehead atoms. The summed E-state index contributed by atoms with van der Waals surface area (Å²) in [6, 6.07) is 9.98. The highest BCUT2D eigenvalue weighted by atomic mass is 16.5. The van der Waals surface area contributed by atoms with Crippen LogP contribution in [-0.4, -0.2) is 43.6 Å². The van der Waals surface area contributed by atoms with Crippen LogP contribution in [-0.2, 0) is 0 Å². The molecule has 2 aliphatic rings. The Kier molecular flexibility index (Phi) is 4.55. The first-order chi connectivity index (χ1) is 10.7. The van der Waals surface area contributed by atoms with Gasteiger partial charge in [0.1, 0.15) is 11.9 Å². The number of nitrogens with zero attached hydrogens (tertiary/aromatic N) is 2. The minimum Gasteiger partial charge on any atom is -0.489 e. The molecule has 1 saturated heterocycles. The molecule has 1 aromatic carbocycles. The van der Waals surface area contributed by atoms with Gasteiger partial charge in [-0.05, 0) is 43.7 Å². The van der Waals surface area contributed by atoms with E-state index >= 15 is 0 Å². The predicted octanol–water partition coefficient (Wildman–Crippen LogP) is 2.91. The van der Waals surface area contributed by atoms with Crippen molar-refractivity contribution in [3.63, 3.8) is 0 Å². The van der Waals surface area contributed by atoms with Crippen LogP contribution in [0.4, 0.5) is 0 Å². The summed E-state index contributed by atoms with van der Waals surface area (Å²) in [5.74, 6) is 1.94. The fraction of sp³-hybridized carbons (Fsp3) is 0.611. The summed E-state index contributed by atoms with van der Waals surface area (Å²) in [4.78, 5) is 6.86. The van der Waals surface area contributed by atoms with Crippen LogP contribution in [0.5, 0.6) is 5.75 Å². The average molecular weight is 301 g/mol. The standard InChI is InChI=1S/C18H27N3O/c1-15(22-16-7-4-3-5-8-16)13-20-17(19-2)21-12-11-18(14-21)9-6-10-18/h3-5,7-8,15H,6,9-14H2,1-2H3,(H,19,20). The minimum absolute atomic E-state index is 0.111. The van der Waals surface area contributed by atoms with Crippen molar-refractivity contribution in [2.75, 3.05) is 26.7 Å². The molecule has 1 atom stereocenters. The monoisotopic (exact) mass is 301 g/mol. The second-order valence-electron chi connectivity index (χ2n) is 6.69. The van der Waals surface area contributed by atoms with E-state index in [1.54, 1.807) is 0 Å². The van der Waals surface area contributed by atoms with Gasteiger partial charge in [-0.15, -0.1) is 0 Å². The van der Waals surface area contributed by atoms with Crippen LogP contribution in [0.1, 0.15) is 32.6 Å². The normalized spacial score (nSPS) is 21.5. The second kappa shape index (κ2) is 6.59. The number of guanidine groups is 1. The van der Waals surface area contributed by atoms with E-state index in [0.717, 1.165) is 24.8 Å². The highest BCUT2D eigenvalue weighted by Crippen LogP contribution is 2.47. The van der Waals surface area contributed by atoms with Crippen molar-refractivity contribution in [1.29, 1.82) is 0 Å². The second-order valence-corrected chi connectivity index (χ2v) is 6.69.